The highest BCUT2D eigenvalue weighted by atomic mass is 19.4. The van der Waals surface area contributed by atoms with Gasteiger partial charge >= 0.3 is 6.18 Å². The predicted molar refractivity (Wildman–Crippen MR) is 76.7 cm³/mol. The number of rotatable bonds is 4. The van der Waals surface area contributed by atoms with E-state index in [9.17, 15) is 13.2 Å². The Bertz CT molecular complexity index is 458. The van der Waals surface area contributed by atoms with E-state index in [0.29, 0.717) is 30.1 Å². The molecule has 6 fully saturated rings. The van der Waals surface area contributed by atoms with Crippen molar-refractivity contribution in [2.24, 2.45) is 33.0 Å². The quantitative estimate of drug-likeness (QED) is 0.600. The Labute approximate surface area is 125 Å². The Morgan fingerprint density at radius 1 is 0.857 bits per heavy atom. The summed E-state index contributed by atoms with van der Waals surface area (Å²) in [6, 6.07) is 0. The first-order chi connectivity index (χ1) is 9.39. The summed E-state index contributed by atoms with van der Waals surface area (Å²) in [6.45, 7) is 9.13. The van der Waals surface area contributed by atoms with Crippen LogP contribution in [-0.2, 0) is 0 Å². The molecule has 120 valence electrons. The molecule has 0 heterocycles. The van der Waals surface area contributed by atoms with E-state index in [4.69, 9.17) is 0 Å². The van der Waals surface area contributed by atoms with Gasteiger partial charge in [0.15, 0.2) is 0 Å². The van der Waals surface area contributed by atoms with Gasteiger partial charge in [-0.05, 0) is 72.5 Å². The fraction of sp³-hybridized carbons (Fsp3) is 1.00. The van der Waals surface area contributed by atoms with Gasteiger partial charge in [0.2, 0.25) is 0 Å². The molecule has 4 bridgehead atoms. The Balaban J connectivity index is 1.40. The molecule has 0 unspecified atom stereocenters. The van der Waals surface area contributed by atoms with E-state index < -0.39 is 11.6 Å². The highest BCUT2D eigenvalue weighted by molar-refractivity contribution is 5.26. The van der Waals surface area contributed by atoms with E-state index in [-0.39, 0.29) is 10.8 Å². The first kappa shape index (κ1) is 14.4. The number of halogens is 3. The zero-order valence-electron chi connectivity index (χ0n) is 13.7. The molecule has 0 N–H and O–H groups in total. The molecule has 0 saturated heterocycles. The summed E-state index contributed by atoms with van der Waals surface area (Å²) in [5.74, 6) is 0.769. The fourth-order valence-electron chi connectivity index (χ4n) is 6.82. The minimum absolute atomic E-state index is 0.00292. The zero-order valence-corrected chi connectivity index (χ0v) is 13.7. The van der Waals surface area contributed by atoms with E-state index in [1.54, 1.807) is 0 Å². The normalized spacial score (nSPS) is 50.9. The van der Waals surface area contributed by atoms with Crippen molar-refractivity contribution in [3.63, 3.8) is 0 Å². The smallest absolute Gasteiger partial charge is 0.171 e. The van der Waals surface area contributed by atoms with Crippen molar-refractivity contribution in [1.29, 1.82) is 0 Å². The van der Waals surface area contributed by atoms with Gasteiger partial charge in [0, 0.05) is 0 Å². The lowest BCUT2D eigenvalue weighted by molar-refractivity contribution is -0.395. The van der Waals surface area contributed by atoms with Crippen LogP contribution in [0.15, 0.2) is 0 Å². The van der Waals surface area contributed by atoms with E-state index in [1.165, 1.54) is 19.3 Å². The van der Waals surface area contributed by atoms with Gasteiger partial charge in [0.05, 0.1) is 5.41 Å². The lowest BCUT2D eigenvalue weighted by Gasteiger charge is -2.80. The van der Waals surface area contributed by atoms with Crippen LogP contribution in [0.5, 0.6) is 0 Å². The monoisotopic (exact) mass is 300 g/mol. The van der Waals surface area contributed by atoms with Gasteiger partial charge in [0.25, 0.3) is 0 Å². The summed E-state index contributed by atoms with van der Waals surface area (Å²) in [4.78, 5) is 0. The molecule has 3 heteroatoms. The average Bonchev–Trinajstić information content (AvgIpc) is 1.98. The van der Waals surface area contributed by atoms with Crippen LogP contribution in [0, 0.1) is 33.0 Å². The van der Waals surface area contributed by atoms with Gasteiger partial charge in [-0.25, -0.2) is 0 Å². The summed E-state index contributed by atoms with van der Waals surface area (Å²) < 4.78 is 39.1. The second-order valence-corrected chi connectivity index (χ2v) is 10.2. The zero-order chi connectivity index (χ0) is 15.5. The number of hydrogen-bond donors (Lipinski definition) is 0. The molecule has 6 rings (SSSR count). The molecule has 0 aromatic rings. The van der Waals surface area contributed by atoms with Crippen molar-refractivity contribution in [3.05, 3.63) is 0 Å². The van der Waals surface area contributed by atoms with Gasteiger partial charge in [-0.3, -0.25) is 0 Å². The molecule has 0 aromatic carbocycles. The van der Waals surface area contributed by atoms with Crippen molar-refractivity contribution >= 4 is 0 Å². The maximum Gasteiger partial charge on any atom is 0.394 e. The Kier molecular flexibility index (Phi) is 2.28. The van der Waals surface area contributed by atoms with Crippen LogP contribution in [0.4, 0.5) is 13.2 Å². The molecular formula is C18H27F3. The molecule has 0 aliphatic heterocycles. The third-order valence-electron chi connectivity index (χ3n) is 8.29. The molecule has 6 saturated carbocycles. The largest absolute Gasteiger partial charge is 0.394 e. The lowest BCUT2D eigenvalue weighted by Crippen LogP contribution is -2.74. The van der Waals surface area contributed by atoms with Crippen LogP contribution in [0.2, 0.25) is 0 Å². The molecule has 21 heavy (non-hydrogen) atoms. The topological polar surface area (TPSA) is 0 Å². The van der Waals surface area contributed by atoms with E-state index in [0.717, 1.165) is 12.3 Å². The maximum atomic E-state index is 13.0. The molecule has 0 radical (unpaired) electrons. The van der Waals surface area contributed by atoms with Gasteiger partial charge in [0.1, 0.15) is 0 Å². The van der Waals surface area contributed by atoms with Crippen LogP contribution in [-0.4, -0.2) is 6.18 Å². The fourth-order valence-corrected chi connectivity index (χ4v) is 6.82. The third-order valence-corrected chi connectivity index (χ3v) is 8.29. The Hall–Kier alpha value is -0.210. The minimum Gasteiger partial charge on any atom is -0.171 e. The van der Waals surface area contributed by atoms with Crippen molar-refractivity contribution in [2.75, 3.05) is 0 Å². The minimum atomic E-state index is -3.97. The summed E-state index contributed by atoms with van der Waals surface area (Å²) >= 11 is 0. The highest BCUT2D eigenvalue weighted by Crippen LogP contribution is 2.86. The van der Waals surface area contributed by atoms with Crippen molar-refractivity contribution in [2.45, 2.75) is 78.8 Å². The second-order valence-electron chi connectivity index (χ2n) is 10.2. The average molecular weight is 300 g/mol. The predicted octanol–water partition coefficient (Wildman–Crippen LogP) is 5.96. The first-order valence-electron chi connectivity index (χ1n) is 8.46. The summed E-state index contributed by atoms with van der Waals surface area (Å²) in [7, 11) is 0. The molecule has 0 aromatic heterocycles. The second kappa shape index (κ2) is 3.33. The first-order valence-corrected chi connectivity index (χ1v) is 8.46. The van der Waals surface area contributed by atoms with Crippen LogP contribution >= 0.6 is 0 Å². The van der Waals surface area contributed by atoms with Crippen molar-refractivity contribution in [3.8, 4) is 0 Å². The van der Waals surface area contributed by atoms with Crippen LogP contribution in [0.25, 0.3) is 0 Å². The molecule has 0 nitrogen and oxygen atoms in total. The maximum absolute atomic E-state index is 13.0. The molecule has 0 amide bonds. The SMILES string of the molecule is CC(C)C12CC(CC(C)(C)C34CC(C(F)(F)F)(C3)C4)(C1)C2. The summed E-state index contributed by atoms with van der Waals surface area (Å²) in [5, 5.41) is 0. The van der Waals surface area contributed by atoms with E-state index in [1.807, 2.05) is 0 Å². The van der Waals surface area contributed by atoms with E-state index in [2.05, 4.69) is 27.7 Å². The molecular weight excluding hydrogens is 273 g/mol. The van der Waals surface area contributed by atoms with Crippen molar-refractivity contribution < 1.29 is 13.2 Å². The van der Waals surface area contributed by atoms with Crippen molar-refractivity contribution in [1.82, 2.24) is 0 Å². The van der Waals surface area contributed by atoms with Crippen LogP contribution < -0.4 is 0 Å². The molecule has 6 aliphatic carbocycles. The summed E-state index contributed by atoms with van der Waals surface area (Å²) in [5.41, 5.74) is -0.105. The van der Waals surface area contributed by atoms with Gasteiger partial charge in [-0.1, -0.05) is 27.7 Å². The number of hydrogen-bond acceptors (Lipinski definition) is 0. The lowest BCUT2D eigenvalue weighted by atomic mass is 9.24. The molecule has 6 aliphatic rings. The Morgan fingerprint density at radius 2 is 1.33 bits per heavy atom. The Morgan fingerprint density at radius 3 is 1.71 bits per heavy atom. The standard InChI is InChI=1S/C18H27F3/c1-12(2)15-6-14(7-15,8-15)5-13(3,4)16-9-17(10-16,11-16)18(19,20)21/h12H,5-11H2,1-4H3. The molecule has 0 atom stereocenters. The molecule has 0 spiro atoms. The van der Waals surface area contributed by atoms with Crippen LogP contribution in [0.3, 0.4) is 0 Å². The highest BCUT2D eigenvalue weighted by Gasteiger charge is 2.82. The van der Waals surface area contributed by atoms with Gasteiger partial charge in [-0.15, -0.1) is 0 Å². The van der Waals surface area contributed by atoms with Crippen LogP contribution in [0.1, 0.15) is 72.6 Å². The third kappa shape index (κ3) is 1.45. The van der Waals surface area contributed by atoms with Gasteiger partial charge < -0.3 is 0 Å². The summed E-state index contributed by atoms with van der Waals surface area (Å²) in [6.07, 6.45) is 2.40. The van der Waals surface area contributed by atoms with Gasteiger partial charge in [-0.2, -0.15) is 13.2 Å². The van der Waals surface area contributed by atoms with E-state index >= 15 is 0 Å². The number of alkyl halides is 3.